The second kappa shape index (κ2) is 9.21. The topological polar surface area (TPSA) is 108 Å². The fourth-order valence-corrected chi connectivity index (χ4v) is 4.37. The molecule has 29 heavy (non-hydrogen) atoms. The van der Waals surface area contributed by atoms with Crippen molar-refractivity contribution in [3.8, 4) is 0 Å². The van der Waals surface area contributed by atoms with E-state index in [4.69, 9.17) is 11.1 Å². The minimum absolute atomic E-state index is 0. The van der Waals surface area contributed by atoms with E-state index in [1.54, 1.807) is 35.2 Å². The number of halogens is 1. The zero-order valence-electron chi connectivity index (χ0n) is 15.7. The normalized spacial score (nSPS) is 14.9. The van der Waals surface area contributed by atoms with E-state index in [0.717, 1.165) is 11.1 Å². The predicted molar refractivity (Wildman–Crippen MR) is 115 cm³/mol. The molecule has 3 rings (SSSR count). The fraction of sp³-hybridized carbons (Fsp3) is 0.200. The Bertz CT molecular complexity index is 1010. The number of nitrogen functional groups attached to an aromatic ring is 1. The van der Waals surface area contributed by atoms with E-state index >= 15 is 0 Å². The first-order valence-electron chi connectivity index (χ1n) is 8.75. The van der Waals surface area contributed by atoms with E-state index in [1.807, 2.05) is 12.1 Å². The van der Waals surface area contributed by atoms with Crippen LogP contribution < -0.4 is 5.73 Å². The maximum absolute atomic E-state index is 12.8. The van der Waals surface area contributed by atoms with E-state index in [2.05, 4.69) is 6.58 Å². The number of carbonyl (C=O) groups is 1. The Kier molecular flexibility index (Phi) is 7.18. The van der Waals surface area contributed by atoms with Gasteiger partial charge in [0.1, 0.15) is 5.84 Å². The van der Waals surface area contributed by atoms with E-state index in [9.17, 15) is 13.2 Å². The maximum Gasteiger partial charge on any atom is 0.243 e. The molecule has 9 heteroatoms. The number of nitrogens with one attached hydrogen (secondary N) is 1. The summed E-state index contributed by atoms with van der Waals surface area (Å²) in [7, 11) is -3.72. The molecule has 1 aliphatic heterocycles. The van der Waals surface area contributed by atoms with Crippen LogP contribution in [-0.4, -0.2) is 49.0 Å². The van der Waals surface area contributed by atoms with Gasteiger partial charge in [-0.05, 0) is 23.3 Å². The van der Waals surface area contributed by atoms with Gasteiger partial charge in [0, 0.05) is 25.2 Å². The molecule has 0 unspecified atom stereocenters. The molecule has 2 aromatic rings. The standard InChI is InChI=1S/C20H22N4O3S.ClH/c1-2-15-5-9-18(10-6-15)28(26,27)24-12-11-23(19(25)14-24)13-16-3-7-17(8-4-16)20(21)22;/h2-10H,1,11-14H2,(H3,21,22);1H. The lowest BCUT2D eigenvalue weighted by Crippen LogP contribution is -2.51. The van der Waals surface area contributed by atoms with Gasteiger partial charge in [-0.1, -0.05) is 49.1 Å². The van der Waals surface area contributed by atoms with Crippen LogP contribution in [0, 0.1) is 5.41 Å². The molecule has 0 radical (unpaired) electrons. The van der Waals surface area contributed by atoms with Crippen LogP contribution in [0.3, 0.4) is 0 Å². The third kappa shape index (κ3) is 5.03. The zero-order chi connectivity index (χ0) is 20.3. The molecule has 1 fully saturated rings. The van der Waals surface area contributed by atoms with Crippen LogP contribution in [0.2, 0.25) is 0 Å². The molecule has 1 aliphatic rings. The lowest BCUT2D eigenvalue weighted by Gasteiger charge is -2.33. The van der Waals surface area contributed by atoms with E-state index < -0.39 is 10.0 Å². The van der Waals surface area contributed by atoms with Crippen molar-refractivity contribution in [3.05, 3.63) is 71.8 Å². The molecule has 154 valence electrons. The quantitative estimate of drug-likeness (QED) is 0.536. The molecule has 0 bridgehead atoms. The zero-order valence-corrected chi connectivity index (χ0v) is 17.4. The smallest absolute Gasteiger partial charge is 0.243 e. The van der Waals surface area contributed by atoms with Crippen LogP contribution in [0.4, 0.5) is 0 Å². The molecule has 1 heterocycles. The van der Waals surface area contributed by atoms with Crippen molar-refractivity contribution in [3.63, 3.8) is 0 Å². The number of amides is 1. The first-order chi connectivity index (χ1) is 13.3. The molecular formula is C20H23ClN4O3S. The number of hydrogen-bond donors (Lipinski definition) is 2. The lowest BCUT2D eigenvalue weighted by atomic mass is 10.1. The number of benzene rings is 2. The largest absolute Gasteiger partial charge is 0.384 e. The van der Waals surface area contributed by atoms with Crippen molar-refractivity contribution in [2.45, 2.75) is 11.4 Å². The van der Waals surface area contributed by atoms with Crippen molar-refractivity contribution in [2.75, 3.05) is 19.6 Å². The van der Waals surface area contributed by atoms with Gasteiger partial charge in [0.05, 0.1) is 11.4 Å². The highest BCUT2D eigenvalue weighted by Crippen LogP contribution is 2.20. The average molecular weight is 435 g/mol. The number of sulfonamides is 1. The Morgan fingerprint density at radius 3 is 2.24 bits per heavy atom. The highest BCUT2D eigenvalue weighted by molar-refractivity contribution is 7.89. The lowest BCUT2D eigenvalue weighted by molar-refractivity contribution is -0.134. The summed E-state index contributed by atoms with van der Waals surface area (Å²) in [5.41, 5.74) is 7.79. The Morgan fingerprint density at radius 2 is 1.72 bits per heavy atom. The SMILES string of the molecule is C=Cc1ccc(S(=O)(=O)N2CCN(Cc3ccc(C(=N)N)cc3)C(=O)C2)cc1.Cl. The Morgan fingerprint density at radius 1 is 1.10 bits per heavy atom. The highest BCUT2D eigenvalue weighted by Gasteiger charge is 2.32. The van der Waals surface area contributed by atoms with Crippen LogP contribution in [0.5, 0.6) is 0 Å². The Labute approximate surface area is 176 Å². The number of piperazine rings is 1. The molecule has 0 atom stereocenters. The molecular weight excluding hydrogens is 412 g/mol. The molecule has 1 amide bonds. The summed E-state index contributed by atoms with van der Waals surface area (Å²) >= 11 is 0. The van der Waals surface area contributed by atoms with E-state index in [-0.39, 0.29) is 42.1 Å². The summed E-state index contributed by atoms with van der Waals surface area (Å²) < 4.78 is 26.8. The highest BCUT2D eigenvalue weighted by atomic mass is 35.5. The van der Waals surface area contributed by atoms with Crippen molar-refractivity contribution >= 4 is 40.2 Å². The molecule has 0 aromatic heterocycles. The van der Waals surface area contributed by atoms with Gasteiger partial charge in [-0.2, -0.15) is 4.31 Å². The van der Waals surface area contributed by atoms with Crippen molar-refractivity contribution in [1.29, 1.82) is 5.41 Å². The summed E-state index contributed by atoms with van der Waals surface area (Å²) in [5, 5.41) is 7.41. The molecule has 3 N–H and O–H groups in total. The Balaban J connectivity index is 0.00000300. The van der Waals surface area contributed by atoms with Crippen LogP contribution in [-0.2, 0) is 21.4 Å². The number of nitrogens with zero attached hydrogens (tertiary/aromatic N) is 2. The van der Waals surface area contributed by atoms with Crippen molar-refractivity contribution < 1.29 is 13.2 Å². The average Bonchev–Trinajstić information content (AvgIpc) is 2.70. The van der Waals surface area contributed by atoms with Crippen LogP contribution in [0.15, 0.2) is 60.0 Å². The van der Waals surface area contributed by atoms with Gasteiger partial charge < -0.3 is 10.6 Å². The number of carbonyl (C=O) groups excluding carboxylic acids is 1. The van der Waals surface area contributed by atoms with Gasteiger partial charge in [0.2, 0.25) is 15.9 Å². The summed E-state index contributed by atoms with van der Waals surface area (Å²) in [6.45, 7) is 4.41. The second-order valence-electron chi connectivity index (χ2n) is 6.54. The van der Waals surface area contributed by atoms with Gasteiger partial charge in [-0.15, -0.1) is 12.4 Å². The maximum atomic E-state index is 12.8. The van der Waals surface area contributed by atoms with Crippen LogP contribution in [0.1, 0.15) is 16.7 Å². The van der Waals surface area contributed by atoms with Crippen LogP contribution >= 0.6 is 12.4 Å². The number of amidine groups is 1. The van der Waals surface area contributed by atoms with E-state index in [1.165, 1.54) is 16.4 Å². The van der Waals surface area contributed by atoms with Gasteiger partial charge >= 0.3 is 0 Å². The summed E-state index contributed by atoms with van der Waals surface area (Å²) in [4.78, 5) is 14.3. The number of nitrogens with two attached hydrogens (primary N) is 1. The fourth-order valence-electron chi connectivity index (χ4n) is 2.99. The third-order valence-electron chi connectivity index (χ3n) is 4.68. The second-order valence-corrected chi connectivity index (χ2v) is 8.48. The minimum atomic E-state index is -3.72. The van der Waals surface area contributed by atoms with Crippen molar-refractivity contribution in [1.82, 2.24) is 9.21 Å². The molecule has 0 saturated carbocycles. The Hall–Kier alpha value is -2.68. The molecule has 0 spiro atoms. The first-order valence-corrected chi connectivity index (χ1v) is 10.2. The van der Waals surface area contributed by atoms with E-state index in [0.29, 0.717) is 18.7 Å². The minimum Gasteiger partial charge on any atom is -0.384 e. The molecule has 1 saturated heterocycles. The number of hydrogen-bond acceptors (Lipinski definition) is 4. The monoisotopic (exact) mass is 434 g/mol. The predicted octanol–water partition coefficient (Wildman–Crippen LogP) is 2.07. The number of rotatable bonds is 6. The van der Waals surface area contributed by atoms with Gasteiger partial charge in [0.25, 0.3) is 0 Å². The van der Waals surface area contributed by atoms with Gasteiger partial charge in [0.15, 0.2) is 0 Å². The van der Waals surface area contributed by atoms with Crippen molar-refractivity contribution in [2.24, 2.45) is 5.73 Å². The molecule has 0 aliphatic carbocycles. The summed E-state index contributed by atoms with van der Waals surface area (Å²) in [6, 6.07) is 13.5. The molecule has 2 aromatic carbocycles. The molecule has 7 nitrogen and oxygen atoms in total. The first kappa shape index (κ1) is 22.6. The summed E-state index contributed by atoms with van der Waals surface area (Å²) in [6.07, 6.45) is 1.64. The van der Waals surface area contributed by atoms with Gasteiger partial charge in [-0.3, -0.25) is 10.2 Å². The van der Waals surface area contributed by atoms with Crippen LogP contribution in [0.25, 0.3) is 6.08 Å². The summed E-state index contributed by atoms with van der Waals surface area (Å²) in [5.74, 6) is -0.254. The van der Waals surface area contributed by atoms with Gasteiger partial charge in [-0.25, -0.2) is 8.42 Å². The third-order valence-corrected chi connectivity index (χ3v) is 6.53.